The van der Waals surface area contributed by atoms with Crippen molar-refractivity contribution in [2.24, 2.45) is 11.8 Å². The van der Waals surface area contributed by atoms with E-state index in [1.54, 1.807) is 11.6 Å². The first-order valence-corrected chi connectivity index (χ1v) is 13.0. The summed E-state index contributed by atoms with van der Waals surface area (Å²) in [4.78, 5) is 0. The van der Waals surface area contributed by atoms with Gasteiger partial charge < -0.3 is 0 Å². The quantitative estimate of drug-likeness (QED) is 0.259. The second-order valence-electron chi connectivity index (χ2n) is 9.00. The average Bonchev–Trinajstić information content (AvgIpc) is 3.50. The van der Waals surface area contributed by atoms with Gasteiger partial charge in [0.05, 0.1) is 0 Å². The number of hydrogen-bond acceptors (Lipinski definition) is 0. The third-order valence-electron chi connectivity index (χ3n) is 5.39. The van der Waals surface area contributed by atoms with E-state index in [1.807, 2.05) is 40.7 Å². The molecule has 0 amide bonds. The van der Waals surface area contributed by atoms with Crippen LogP contribution in [0.5, 0.6) is 0 Å². The third kappa shape index (κ3) is 21.7. The van der Waals surface area contributed by atoms with Gasteiger partial charge in [0, 0.05) is 0 Å². The van der Waals surface area contributed by atoms with Gasteiger partial charge in [-0.1, -0.05) is 87.3 Å². The van der Waals surface area contributed by atoms with Crippen LogP contribution in [0.25, 0.3) is 0 Å². The van der Waals surface area contributed by atoms with Gasteiger partial charge in [-0.05, 0) is 104 Å². The van der Waals surface area contributed by atoms with Crippen LogP contribution in [0.4, 0.5) is 0 Å². The van der Waals surface area contributed by atoms with Gasteiger partial charge in [0.25, 0.3) is 0 Å². The SMILES string of the molecule is C=C(C)C.C=C(C)C1=C(C)CCC1.C=C/C(=C\C)CCC(CCC)C1CC1.C=CC.CC. The molecule has 0 radical (unpaired) electrons. The lowest BCUT2D eigenvalue weighted by Crippen LogP contribution is -2.02. The van der Waals surface area contributed by atoms with E-state index in [9.17, 15) is 0 Å². The van der Waals surface area contributed by atoms with Crippen molar-refractivity contribution < 1.29 is 0 Å². The molecule has 0 saturated heterocycles. The summed E-state index contributed by atoms with van der Waals surface area (Å²) in [6.45, 7) is 33.3. The molecule has 0 aliphatic heterocycles. The van der Waals surface area contributed by atoms with E-state index in [2.05, 4.69) is 60.1 Å². The van der Waals surface area contributed by atoms with Crippen LogP contribution < -0.4 is 0 Å². The number of rotatable bonds is 8. The lowest BCUT2D eigenvalue weighted by Gasteiger charge is -2.15. The molecule has 1 saturated carbocycles. The van der Waals surface area contributed by atoms with Crippen molar-refractivity contribution >= 4 is 0 Å². The van der Waals surface area contributed by atoms with Gasteiger partial charge in [0.1, 0.15) is 0 Å². The highest BCUT2D eigenvalue weighted by Crippen LogP contribution is 2.41. The van der Waals surface area contributed by atoms with Crippen molar-refractivity contribution in [1.29, 1.82) is 0 Å². The van der Waals surface area contributed by atoms with Crippen LogP contribution in [0.3, 0.4) is 0 Å². The van der Waals surface area contributed by atoms with Gasteiger partial charge in [0.2, 0.25) is 0 Å². The Morgan fingerprint density at radius 1 is 1.00 bits per heavy atom. The molecule has 0 heterocycles. The Kier molecular flexibility index (Phi) is 26.4. The maximum absolute atomic E-state index is 3.93. The lowest BCUT2D eigenvalue weighted by molar-refractivity contribution is 0.395. The monoisotopic (exact) mass is 442 g/mol. The first-order chi connectivity index (χ1) is 15.2. The molecule has 2 aliphatic carbocycles. The highest BCUT2D eigenvalue weighted by atomic mass is 14.3. The Morgan fingerprint density at radius 3 is 1.75 bits per heavy atom. The summed E-state index contributed by atoms with van der Waals surface area (Å²) in [5.74, 6) is 2.06. The molecule has 0 spiro atoms. The Balaban J connectivity index is -0.000000400. The fourth-order valence-corrected chi connectivity index (χ4v) is 3.74. The minimum Gasteiger partial charge on any atom is -0.103 e. The molecule has 0 nitrogen and oxygen atoms in total. The van der Waals surface area contributed by atoms with Crippen LogP contribution in [0.2, 0.25) is 0 Å². The molecule has 0 N–H and O–H groups in total. The van der Waals surface area contributed by atoms with Crippen LogP contribution in [-0.4, -0.2) is 0 Å². The van der Waals surface area contributed by atoms with Crippen molar-refractivity contribution in [2.45, 2.75) is 120 Å². The normalized spacial score (nSPS) is 15.2. The molecule has 32 heavy (non-hydrogen) atoms. The molecule has 186 valence electrons. The minimum absolute atomic E-state index is 0.995. The van der Waals surface area contributed by atoms with Crippen LogP contribution in [-0.2, 0) is 0 Å². The zero-order valence-corrected chi connectivity index (χ0v) is 23.6. The summed E-state index contributed by atoms with van der Waals surface area (Å²) in [5.41, 5.74) is 6.94. The topological polar surface area (TPSA) is 0 Å². The van der Waals surface area contributed by atoms with E-state index >= 15 is 0 Å². The van der Waals surface area contributed by atoms with Gasteiger partial charge in [-0.15, -0.1) is 13.2 Å². The lowest BCUT2D eigenvalue weighted by atomic mass is 9.91. The highest BCUT2D eigenvalue weighted by Gasteiger charge is 2.29. The molecule has 0 heteroatoms. The van der Waals surface area contributed by atoms with Crippen LogP contribution in [0.15, 0.2) is 72.4 Å². The Labute approximate surface area is 204 Å². The number of allylic oxidation sites excluding steroid dienone is 8. The Morgan fingerprint density at radius 2 is 1.50 bits per heavy atom. The van der Waals surface area contributed by atoms with E-state index in [0.29, 0.717) is 0 Å². The van der Waals surface area contributed by atoms with Crippen molar-refractivity contribution in [3.05, 3.63) is 72.4 Å². The third-order valence-corrected chi connectivity index (χ3v) is 5.39. The molecule has 0 bridgehead atoms. The highest BCUT2D eigenvalue weighted by molar-refractivity contribution is 5.33. The Bertz CT molecular complexity index is 559. The largest absolute Gasteiger partial charge is 0.103 e. The maximum atomic E-state index is 3.93. The predicted octanol–water partition coefficient (Wildman–Crippen LogP) is 11.6. The molecule has 1 fully saturated rings. The molecule has 2 rings (SSSR count). The summed E-state index contributed by atoms with van der Waals surface area (Å²) in [6.07, 6.45) is 18.2. The molecule has 0 aromatic rings. The van der Waals surface area contributed by atoms with Crippen LogP contribution >= 0.6 is 0 Å². The summed E-state index contributed by atoms with van der Waals surface area (Å²) >= 11 is 0. The van der Waals surface area contributed by atoms with Gasteiger partial charge in [0.15, 0.2) is 0 Å². The van der Waals surface area contributed by atoms with E-state index < -0.39 is 0 Å². The van der Waals surface area contributed by atoms with E-state index in [-0.39, 0.29) is 0 Å². The predicted molar refractivity (Wildman–Crippen MR) is 153 cm³/mol. The second-order valence-corrected chi connectivity index (χ2v) is 9.00. The zero-order valence-electron chi connectivity index (χ0n) is 23.6. The second kappa shape index (κ2) is 24.1. The first-order valence-electron chi connectivity index (χ1n) is 13.0. The summed E-state index contributed by atoms with van der Waals surface area (Å²) in [5, 5.41) is 0. The maximum Gasteiger partial charge on any atom is -0.0274 e. The molecule has 0 aromatic heterocycles. The summed E-state index contributed by atoms with van der Waals surface area (Å²) in [6, 6.07) is 0. The molecule has 0 aromatic carbocycles. The fourth-order valence-electron chi connectivity index (χ4n) is 3.74. The van der Waals surface area contributed by atoms with Gasteiger partial charge >= 0.3 is 0 Å². The fraction of sp³-hybridized carbons (Fsp3) is 0.625. The van der Waals surface area contributed by atoms with E-state index in [0.717, 1.165) is 11.8 Å². The van der Waals surface area contributed by atoms with Crippen molar-refractivity contribution in [3.8, 4) is 0 Å². The van der Waals surface area contributed by atoms with Crippen LogP contribution in [0.1, 0.15) is 120 Å². The van der Waals surface area contributed by atoms with Crippen LogP contribution in [0, 0.1) is 11.8 Å². The zero-order chi connectivity index (χ0) is 25.5. The van der Waals surface area contributed by atoms with E-state index in [1.165, 1.54) is 80.1 Å². The summed E-state index contributed by atoms with van der Waals surface area (Å²) in [7, 11) is 0. The smallest absolute Gasteiger partial charge is 0.0274 e. The standard InChI is InChI=1S/C14H24.C9H14.C4H8.C3H6.C2H6/c1-4-7-13(14-10-11-14)9-8-12(5-2)6-3;1-7(2)9-6-4-5-8(9)3;1-4(2)3;1-3-2;1-2/h5-6,13-14H,2,4,7-11H2,1,3H3;1,4-6H2,2-3H3;1H2,2-3H3;3H,1H2,2H3;1-2H3/b12-6+;;;;. The van der Waals surface area contributed by atoms with Gasteiger partial charge in [-0.25, -0.2) is 0 Å². The van der Waals surface area contributed by atoms with Crippen molar-refractivity contribution in [1.82, 2.24) is 0 Å². The van der Waals surface area contributed by atoms with Crippen molar-refractivity contribution in [2.75, 3.05) is 0 Å². The molecule has 1 atom stereocenters. The first kappa shape index (κ1) is 35.0. The van der Waals surface area contributed by atoms with Gasteiger partial charge in [-0.2, -0.15) is 0 Å². The minimum atomic E-state index is 0.995. The molecule has 1 unspecified atom stereocenters. The molecular formula is C32H58. The van der Waals surface area contributed by atoms with E-state index in [4.69, 9.17) is 0 Å². The molecular weight excluding hydrogens is 384 g/mol. The average molecular weight is 443 g/mol. The van der Waals surface area contributed by atoms with Crippen molar-refractivity contribution in [3.63, 3.8) is 0 Å². The Hall–Kier alpha value is -1.56. The summed E-state index contributed by atoms with van der Waals surface area (Å²) < 4.78 is 0. The molecule has 2 aliphatic rings. The number of hydrogen-bond donors (Lipinski definition) is 0. The van der Waals surface area contributed by atoms with Gasteiger partial charge in [-0.3, -0.25) is 0 Å².